The van der Waals surface area contributed by atoms with Crippen molar-refractivity contribution in [1.82, 2.24) is 15.2 Å². The number of H-pyrrole nitrogens is 1. The Morgan fingerprint density at radius 3 is 2.90 bits per heavy atom. The van der Waals surface area contributed by atoms with Crippen molar-refractivity contribution < 1.29 is 14.3 Å². The molecule has 0 atom stereocenters. The second-order valence-electron chi connectivity index (χ2n) is 6.23. The molecular formula is C15H23N3O3. The van der Waals surface area contributed by atoms with Gasteiger partial charge in [0.2, 0.25) is 5.91 Å². The zero-order chi connectivity index (χ0) is 15.5. The van der Waals surface area contributed by atoms with Gasteiger partial charge in [0, 0.05) is 44.4 Å². The van der Waals surface area contributed by atoms with Gasteiger partial charge in [-0.05, 0) is 32.4 Å². The summed E-state index contributed by atoms with van der Waals surface area (Å²) in [6.45, 7) is 7.08. The zero-order valence-corrected chi connectivity index (χ0v) is 12.9. The summed E-state index contributed by atoms with van der Waals surface area (Å²) in [6.07, 6.45) is 2.57. The lowest BCUT2D eigenvalue weighted by Gasteiger charge is -2.27. The summed E-state index contributed by atoms with van der Waals surface area (Å²) in [6, 6.07) is 2.01. The maximum Gasteiger partial charge on any atom is 0.407 e. The summed E-state index contributed by atoms with van der Waals surface area (Å²) < 4.78 is 5.12. The van der Waals surface area contributed by atoms with Gasteiger partial charge in [0.05, 0.1) is 0 Å². The first-order chi connectivity index (χ1) is 9.85. The zero-order valence-electron chi connectivity index (χ0n) is 12.9. The Morgan fingerprint density at radius 2 is 2.19 bits per heavy atom. The summed E-state index contributed by atoms with van der Waals surface area (Å²) in [5, 5.41) is 2.61. The number of amides is 2. The molecule has 1 aromatic rings. The SMILES string of the molecule is CC(C)(C)OC(=O)NCCC(=O)N1CCc2[nH]ccc2C1. The summed E-state index contributed by atoms with van der Waals surface area (Å²) in [4.78, 5) is 28.6. The highest BCUT2D eigenvalue weighted by Gasteiger charge is 2.21. The first-order valence-corrected chi connectivity index (χ1v) is 7.25. The molecule has 0 bridgehead atoms. The van der Waals surface area contributed by atoms with Crippen LogP contribution in [0.1, 0.15) is 38.4 Å². The highest BCUT2D eigenvalue weighted by molar-refractivity contribution is 5.77. The quantitative estimate of drug-likeness (QED) is 0.892. The highest BCUT2D eigenvalue weighted by Crippen LogP contribution is 2.17. The predicted octanol–water partition coefficient (Wildman–Crippen LogP) is 1.81. The van der Waals surface area contributed by atoms with Crippen LogP contribution in [0, 0.1) is 0 Å². The van der Waals surface area contributed by atoms with Gasteiger partial charge in [-0.25, -0.2) is 4.79 Å². The fourth-order valence-electron chi connectivity index (χ4n) is 2.31. The van der Waals surface area contributed by atoms with Crippen molar-refractivity contribution >= 4 is 12.0 Å². The maximum atomic E-state index is 12.1. The van der Waals surface area contributed by atoms with E-state index in [0.29, 0.717) is 19.5 Å². The minimum Gasteiger partial charge on any atom is -0.444 e. The van der Waals surface area contributed by atoms with Crippen LogP contribution >= 0.6 is 0 Å². The molecule has 0 aromatic carbocycles. The number of aromatic nitrogens is 1. The molecule has 0 spiro atoms. The van der Waals surface area contributed by atoms with Crippen molar-refractivity contribution in [2.24, 2.45) is 0 Å². The van der Waals surface area contributed by atoms with Crippen LogP contribution in [0.5, 0.6) is 0 Å². The van der Waals surface area contributed by atoms with Gasteiger partial charge in [0.1, 0.15) is 5.60 Å². The van der Waals surface area contributed by atoms with Crippen LogP contribution in [0.25, 0.3) is 0 Å². The van der Waals surface area contributed by atoms with Crippen LogP contribution in [0.4, 0.5) is 4.79 Å². The van der Waals surface area contributed by atoms with Crippen LogP contribution in [-0.2, 0) is 22.5 Å². The van der Waals surface area contributed by atoms with Gasteiger partial charge in [0.25, 0.3) is 0 Å². The number of carbonyl (C=O) groups is 2. The minimum atomic E-state index is -0.522. The van der Waals surface area contributed by atoms with E-state index in [1.54, 1.807) is 20.8 Å². The van der Waals surface area contributed by atoms with Crippen molar-refractivity contribution in [3.8, 4) is 0 Å². The number of carbonyl (C=O) groups excluding carboxylic acids is 2. The molecule has 0 aliphatic carbocycles. The Kier molecular flexibility index (Phi) is 4.55. The summed E-state index contributed by atoms with van der Waals surface area (Å²) in [5.74, 6) is 0.0536. The molecule has 1 aromatic heterocycles. The molecule has 1 aliphatic heterocycles. The number of alkyl carbamates (subject to hydrolysis) is 1. The topological polar surface area (TPSA) is 74.4 Å². The number of hydrogen-bond donors (Lipinski definition) is 2. The van der Waals surface area contributed by atoms with Gasteiger partial charge in [-0.15, -0.1) is 0 Å². The third kappa shape index (κ3) is 4.51. The van der Waals surface area contributed by atoms with E-state index in [-0.39, 0.29) is 5.91 Å². The lowest BCUT2D eigenvalue weighted by molar-refractivity contribution is -0.132. The van der Waals surface area contributed by atoms with Gasteiger partial charge in [-0.1, -0.05) is 0 Å². The average Bonchev–Trinajstić information content (AvgIpc) is 2.83. The van der Waals surface area contributed by atoms with E-state index in [9.17, 15) is 9.59 Å². The number of fused-ring (bicyclic) bond motifs is 1. The standard InChI is InChI=1S/C15H23N3O3/c1-15(2,3)21-14(20)17-8-5-13(19)18-9-6-12-11(10-18)4-7-16-12/h4,7,16H,5-6,8-10H2,1-3H3,(H,17,20). The van der Waals surface area contributed by atoms with Crippen LogP contribution < -0.4 is 5.32 Å². The lowest BCUT2D eigenvalue weighted by Crippen LogP contribution is -2.38. The van der Waals surface area contributed by atoms with Gasteiger partial charge in [0.15, 0.2) is 0 Å². The van der Waals surface area contributed by atoms with E-state index in [2.05, 4.69) is 10.3 Å². The minimum absolute atomic E-state index is 0.0536. The second-order valence-corrected chi connectivity index (χ2v) is 6.23. The van der Waals surface area contributed by atoms with Crippen LogP contribution in [0.3, 0.4) is 0 Å². The molecule has 2 amide bonds. The molecule has 116 valence electrons. The van der Waals surface area contributed by atoms with Crippen LogP contribution in [0.15, 0.2) is 12.3 Å². The number of rotatable bonds is 3. The van der Waals surface area contributed by atoms with E-state index in [1.807, 2.05) is 17.2 Å². The molecule has 0 saturated carbocycles. The predicted molar refractivity (Wildman–Crippen MR) is 78.8 cm³/mol. The molecule has 0 fully saturated rings. The van der Waals surface area contributed by atoms with Crippen molar-refractivity contribution in [3.63, 3.8) is 0 Å². The number of aromatic amines is 1. The van der Waals surface area contributed by atoms with Gasteiger partial charge in [-0.3, -0.25) is 4.79 Å². The normalized spacial score (nSPS) is 14.5. The third-order valence-corrected chi connectivity index (χ3v) is 3.28. The molecule has 0 saturated heterocycles. The first kappa shape index (κ1) is 15.4. The molecule has 21 heavy (non-hydrogen) atoms. The highest BCUT2D eigenvalue weighted by atomic mass is 16.6. The Bertz CT molecular complexity index is 516. The number of nitrogens with zero attached hydrogens (tertiary/aromatic N) is 1. The average molecular weight is 293 g/mol. The van der Waals surface area contributed by atoms with Gasteiger partial charge in [-0.2, -0.15) is 0 Å². The second kappa shape index (κ2) is 6.20. The fraction of sp³-hybridized carbons (Fsp3) is 0.600. The molecule has 2 heterocycles. The number of hydrogen-bond acceptors (Lipinski definition) is 3. The Labute approximate surface area is 124 Å². The molecule has 2 rings (SSSR count). The lowest BCUT2D eigenvalue weighted by atomic mass is 10.1. The summed E-state index contributed by atoms with van der Waals surface area (Å²) in [7, 11) is 0. The van der Waals surface area contributed by atoms with Crippen LogP contribution in [-0.4, -0.2) is 40.6 Å². The molecule has 0 radical (unpaired) electrons. The Hall–Kier alpha value is -1.98. The largest absolute Gasteiger partial charge is 0.444 e. The van der Waals surface area contributed by atoms with Gasteiger partial charge >= 0.3 is 6.09 Å². The third-order valence-electron chi connectivity index (χ3n) is 3.28. The van der Waals surface area contributed by atoms with E-state index in [0.717, 1.165) is 13.0 Å². The Balaban J connectivity index is 1.72. The van der Waals surface area contributed by atoms with E-state index >= 15 is 0 Å². The first-order valence-electron chi connectivity index (χ1n) is 7.25. The van der Waals surface area contributed by atoms with Gasteiger partial charge < -0.3 is 19.9 Å². The fourth-order valence-corrected chi connectivity index (χ4v) is 2.31. The molecular weight excluding hydrogens is 270 g/mol. The van der Waals surface area contributed by atoms with E-state index in [1.165, 1.54) is 11.3 Å². The number of nitrogens with one attached hydrogen (secondary N) is 2. The van der Waals surface area contributed by atoms with Crippen molar-refractivity contribution in [1.29, 1.82) is 0 Å². The van der Waals surface area contributed by atoms with Crippen molar-refractivity contribution in [2.45, 2.75) is 45.8 Å². The summed E-state index contributed by atoms with van der Waals surface area (Å²) >= 11 is 0. The Morgan fingerprint density at radius 1 is 1.43 bits per heavy atom. The molecule has 6 heteroatoms. The van der Waals surface area contributed by atoms with Crippen molar-refractivity contribution in [2.75, 3.05) is 13.1 Å². The summed E-state index contributed by atoms with van der Waals surface area (Å²) in [5.41, 5.74) is 1.87. The molecule has 1 aliphatic rings. The maximum absolute atomic E-state index is 12.1. The smallest absolute Gasteiger partial charge is 0.407 e. The molecule has 2 N–H and O–H groups in total. The molecule has 0 unspecified atom stereocenters. The molecule has 6 nitrogen and oxygen atoms in total. The number of ether oxygens (including phenoxy) is 1. The van der Waals surface area contributed by atoms with E-state index < -0.39 is 11.7 Å². The van der Waals surface area contributed by atoms with Crippen molar-refractivity contribution in [3.05, 3.63) is 23.5 Å². The van der Waals surface area contributed by atoms with E-state index in [4.69, 9.17) is 4.74 Å². The monoisotopic (exact) mass is 293 g/mol. The van der Waals surface area contributed by atoms with Crippen LogP contribution in [0.2, 0.25) is 0 Å².